The summed E-state index contributed by atoms with van der Waals surface area (Å²) in [6.45, 7) is 0. The number of ketones is 1. The summed E-state index contributed by atoms with van der Waals surface area (Å²) >= 11 is 0. The van der Waals surface area contributed by atoms with Crippen LogP contribution < -0.4 is 0 Å². The Labute approximate surface area is 86.3 Å². The molecule has 6 nitrogen and oxygen atoms in total. The summed E-state index contributed by atoms with van der Waals surface area (Å²) < 4.78 is 1.90. The molecule has 15 heavy (non-hydrogen) atoms. The predicted octanol–water partition coefficient (Wildman–Crippen LogP) is 0.354. The van der Waals surface area contributed by atoms with Gasteiger partial charge in [0.15, 0.2) is 5.78 Å². The van der Waals surface area contributed by atoms with Crippen molar-refractivity contribution in [2.24, 2.45) is 7.05 Å². The molecular weight excluding hydrogens is 194 g/mol. The topological polar surface area (TPSA) is 76.5 Å². The fourth-order valence-electron chi connectivity index (χ4n) is 1.33. The molecule has 2 rings (SSSR count). The average molecular weight is 205 g/mol. The first kappa shape index (κ1) is 9.57. The molecule has 0 atom stereocenters. The van der Waals surface area contributed by atoms with Crippen LogP contribution in [0, 0.1) is 0 Å². The van der Waals surface area contributed by atoms with Crippen LogP contribution in [-0.4, -0.2) is 30.7 Å². The normalized spacial score (nSPS) is 10.5. The van der Waals surface area contributed by atoms with Gasteiger partial charge in [0.25, 0.3) is 0 Å². The second-order valence-corrected chi connectivity index (χ2v) is 3.23. The number of aryl methyl sites for hydroxylation is 2. The van der Waals surface area contributed by atoms with Crippen molar-refractivity contribution in [2.45, 2.75) is 12.8 Å². The van der Waals surface area contributed by atoms with Gasteiger partial charge in [0.2, 0.25) is 0 Å². The molecule has 0 saturated heterocycles. The van der Waals surface area contributed by atoms with Crippen molar-refractivity contribution in [3.05, 3.63) is 30.1 Å². The van der Waals surface area contributed by atoms with Crippen LogP contribution in [0.25, 0.3) is 0 Å². The first-order chi connectivity index (χ1) is 7.27. The maximum absolute atomic E-state index is 11.6. The molecule has 0 aliphatic carbocycles. The highest BCUT2D eigenvalue weighted by Crippen LogP contribution is 2.03. The number of aromatic nitrogens is 5. The zero-order valence-electron chi connectivity index (χ0n) is 8.34. The molecular formula is C9H11N5O. The summed E-state index contributed by atoms with van der Waals surface area (Å²) in [6.07, 6.45) is 6.03. The highest BCUT2D eigenvalue weighted by Gasteiger charge is 2.10. The number of carbonyl (C=O) groups is 1. The number of nitrogens with zero attached hydrogens (tertiary/aromatic N) is 4. The first-order valence-electron chi connectivity index (χ1n) is 4.62. The second-order valence-electron chi connectivity index (χ2n) is 3.23. The van der Waals surface area contributed by atoms with E-state index in [1.807, 2.05) is 17.8 Å². The highest BCUT2D eigenvalue weighted by molar-refractivity contribution is 5.93. The molecule has 78 valence electrons. The zero-order chi connectivity index (χ0) is 10.7. The largest absolute Gasteiger partial charge is 0.338 e. The molecule has 6 heteroatoms. The van der Waals surface area contributed by atoms with Crippen molar-refractivity contribution in [2.75, 3.05) is 0 Å². The summed E-state index contributed by atoms with van der Waals surface area (Å²) in [5.41, 5.74) is 0.379. The lowest BCUT2D eigenvalue weighted by molar-refractivity contribution is 0.0977. The van der Waals surface area contributed by atoms with E-state index in [0.29, 0.717) is 18.5 Å². The number of hydrogen-bond acceptors (Lipinski definition) is 4. The van der Waals surface area contributed by atoms with E-state index in [4.69, 9.17) is 0 Å². The number of imidazole rings is 1. The van der Waals surface area contributed by atoms with Crippen molar-refractivity contribution in [1.82, 2.24) is 25.0 Å². The quantitative estimate of drug-likeness (QED) is 0.731. The molecule has 0 amide bonds. The number of nitrogens with one attached hydrogen (secondary N) is 1. The maximum atomic E-state index is 11.6. The molecule has 0 unspecified atom stereocenters. The Bertz CT molecular complexity index is 445. The van der Waals surface area contributed by atoms with E-state index in [-0.39, 0.29) is 5.78 Å². The van der Waals surface area contributed by atoms with E-state index in [2.05, 4.69) is 20.4 Å². The molecule has 0 radical (unpaired) electrons. The zero-order valence-corrected chi connectivity index (χ0v) is 8.34. The Hall–Kier alpha value is -1.98. The van der Waals surface area contributed by atoms with Gasteiger partial charge >= 0.3 is 0 Å². The molecule has 0 aliphatic rings. The fourth-order valence-corrected chi connectivity index (χ4v) is 1.33. The van der Waals surface area contributed by atoms with Crippen molar-refractivity contribution in [3.8, 4) is 0 Å². The van der Waals surface area contributed by atoms with Gasteiger partial charge in [0.1, 0.15) is 11.5 Å². The fraction of sp³-hybridized carbons (Fsp3) is 0.333. The monoisotopic (exact) mass is 205 g/mol. The van der Waals surface area contributed by atoms with Crippen LogP contribution in [0.4, 0.5) is 0 Å². The van der Waals surface area contributed by atoms with E-state index in [9.17, 15) is 4.79 Å². The van der Waals surface area contributed by atoms with Crippen molar-refractivity contribution >= 4 is 5.78 Å². The Morgan fingerprint density at radius 1 is 1.60 bits per heavy atom. The van der Waals surface area contributed by atoms with Gasteiger partial charge in [0.05, 0.1) is 6.20 Å². The van der Waals surface area contributed by atoms with Crippen molar-refractivity contribution in [3.63, 3.8) is 0 Å². The van der Waals surface area contributed by atoms with Crippen LogP contribution in [-0.2, 0) is 13.5 Å². The van der Waals surface area contributed by atoms with Gasteiger partial charge in [-0.25, -0.2) is 4.98 Å². The second kappa shape index (κ2) is 4.04. The minimum atomic E-state index is -0.0215. The van der Waals surface area contributed by atoms with E-state index in [1.54, 1.807) is 6.20 Å². The highest BCUT2D eigenvalue weighted by atomic mass is 16.1. The van der Waals surface area contributed by atoms with Gasteiger partial charge < -0.3 is 4.57 Å². The summed E-state index contributed by atoms with van der Waals surface area (Å²) in [6, 6.07) is 0. The lowest BCUT2D eigenvalue weighted by Crippen LogP contribution is -2.05. The molecule has 2 aromatic heterocycles. The van der Waals surface area contributed by atoms with Gasteiger partial charge in [-0.05, 0) is 0 Å². The number of Topliss-reactive ketones (excluding diaryl/α,β-unsaturated/α-hetero) is 1. The van der Waals surface area contributed by atoms with Gasteiger partial charge in [-0.3, -0.25) is 4.79 Å². The number of carbonyl (C=O) groups excluding carboxylic acids is 1. The molecule has 0 aliphatic heterocycles. The van der Waals surface area contributed by atoms with Crippen molar-refractivity contribution in [1.29, 1.82) is 0 Å². The predicted molar refractivity (Wildman–Crippen MR) is 52.2 cm³/mol. The Morgan fingerprint density at radius 2 is 2.47 bits per heavy atom. The minimum Gasteiger partial charge on any atom is -0.338 e. The Balaban J connectivity index is 1.95. The maximum Gasteiger partial charge on any atom is 0.185 e. The van der Waals surface area contributed by atoms with Gasteiger partial charge in [-0.15, -0.1) is 0 Å². The SMILES string of the molecule is Cn1ccnc1CCC(=O)c1cn[nH]n1. The third kappa shape index (κ3) is 2.09. The Kier molecular flexibility index (Phi) is 2.57. The third-order valence-corrected chi connectivity index (χ3v) is 2.20. The standard InChI is InChI=1S/C9H11N5O/c1-14-5-4-10-9(14)3-2-8(15)7-6-11-13-12-7/h4-6H,2-3H2,1H3,(H,11,12,13). The average Bonchev–Trinajstić information content (AvgIpc) is 2.85. The molecule has 0 fully saturated rings. The van der Waals surface area contributed by atoms with Gasteiger partial charge in [-0.1, -0.05) is 0 Å². The van der Waals surface area contributed by atoms with Crippen LogP contribution in [0.3, 0.4) is 0 Å². The van der Waals surface area contributed by atoms with E-state index in [1.165, 1.54) is 6.20 Å². The summed E-state index contributed by atoms with van der Waals surface area (Å²) in [5, 5.41) is 9.73. The summed E-state index contributed by atoms with van der Waals surface area (Å²) in [5.74, 6) is 0.874. The smallest absolute Gasteiger partial charge is 0.185 e. The number of H-pyrrole nitrogens is 1. The lowest BCUT2D eigenvalue weighted by Gasteiger charge is -1.99. The molecule has 2 heterocycles. The van der Waals surface area contributed by atoms with Crippen LogP contribution in [0.5, 0.6) is 0 Å². The molecule has 0 aromatic carbocycles. The third-order valence-electron chi connectivity index (χ3n) is 2.20. The summed E-state index contributed by atoms with van der Waals surface area (Å²) in [4.78, 5) is 15.7. The molecule has 0 bridgehead atoms. The number of aromatic amines is 1. The van der Waals surface area contributed by atoms with E-state index in [0.717, 1.165) is 5.82 Å². The molecule has 2 aromatic rings. The van der Waals surface area contributed by atoms with Crippen LogP contribution in [0.2, 0.25) is 0 Å². The van der Waals surface area contributed by atoms with E-state index < -0.39 is 0 Å². The Morgan fingerprint density at radius 3 is 3.07 bits per heavy atom. The number of hydrogen-bond donors (Lipinski definition) is 1. The van der Waals surface area contributed by atoms with Crippen molar-refractivity contribution < 1.29 is 4.79 Å². The van der Waals surface area contributed by atoms with Gasteiger partial charge in [0, 0.05) is 32.3 Å². The van der Waals surface area contributed by atoms with Gasteiger partial charge in [-0.2, -0.15) is 15.4 Å². The van der Waals surface area contributed by atoms with E-state index >= 15 is 0 Å². The molecule has 1 N–H and O–H groups in total. The van der Waals surface area contributed by atoms with Crippen LogP contribution in [0.1, 0.15) is 22.7 Å². The lowest BCUT2D eigenvalue weighted by atomic mass is 10.2. The van der Waals surface area contributed by atoms with Crippen LogP contribution in [0.15, 0.2) is 18.6 Å². The van der Waals surface area contributed by atoms with Crippen LogP contribution >= 0.6 is 0 Å². The molecule has 0 saturated carbocycles. The minimum absolute atomic E-state index is 0.0215. The first-order valence-corrected chi connectivity index (χ1v) is 4.62. The summed E-state index contributed by atoms with van der Waals surface area (Å²) in [7, 11) is 1.91. The number of rotatable bonds is 4. The molecule has 0 spiro atoms.